The topological polar surface area (TPSA) is 79.2 Å². The van der Waals surface area contributed by atoms with Crippen LogP contribution in [0.2, 0.25) is 5.02 Å². The zero-order valence-electron chi connectivity index (χ0n) is 13.0. The number of anilines is 1. The Morgan fingerprint density at radius 3 is 2.38 bits per heavy atom. The molecule has 0 aliphatic heterocycles. The molecule has 0 spiro atoms. The summed E-state index contributed by atoms with van der Waals surface area (Å²) < 4.78 is 5.13. The Hall–Kier alpha value is -2.84. The Labute approximate surface area is 144 Å². The molecule has 0 radical (unpaired) electrons. The number of ether oxygens (including phenoxy) is 1. The summed E-state index contributed by atoms with van der Waals surface area (Å²) in [7, 11) is 0. The number of hydrogen-bond donors (Lipinski definition) is 1. The highest BCUT2D eigenvalue weighted by atomic mass is 35.5. The lowest BCUT2D eigenvalue weighted by Gasteiger charge is -2.13. The second-order valence-electron chi connectivity index (χ2n) is 5.11. The van der Waals surface area contributed by atoms with Gasteiger partial charge in [0, 0.05) is 10.7 Å². The summed E-state index contributed by atoms with van der Waals surface area (Å²) in [5.74, 6) is -0.941. The molecule has 5 nitrogen and oxygen atoms in total. The van der Waals surface area contributed by atoms with E-state index in [9.17, 15) is 9.59 Å². The van der Waals surface area contributed by atoms with E-state index in [-0.39, 0.29) is 6.42 Å². The molecule has 0 bridgehead atoms. The summed E-state index contributed by atoms with van der Waals surface area (Å²) in [4.78, 5) is 23.9. The second kappa shape index (κ2) is 8.14. The maximum atomic E-state index is 12.0. The van der Waals surface area contributed by atoms with Crippen LogP contribution in [0, 0.1) is 11.3 Å². The first-order valence-corrected chi connectivity index (χ1v) is 7.60. The van der Waals surface area contributed by atoms with Gasteiger partial charge in [-0.1, -0.05) is 23.7 Å². The van der Waals surface area contributed by atoms with Gasteiger partial charge in [-0.05, 0) is 48.9 Å². The standard InChI is InChI=1S/C18H15ClN2O3/c1-12(18(23)21-16-8-4-14(11-20)5-9-16)24-17(22)10-13-2-6-15(19)7-3-13/h2-9,12H,10H2,1H3,(H,21,23)/t12-/m1/s1. The molecule has 0 unspecified atom stereocenters. The van der Waals surface area contributed by atoms with Crippen molar-refractivity contribution in [2.24, 2.45) is 0 Å². The fourth-order valence-electron chi connectivity index (χ4n) is 1.93. The van der Waals surface area contributed by atoms with Gasteiger partial charge in [0.2, 0.25) is 0 Å². The first kappa shape index (κ1) is 17.5. The molecule has 0 aliphatic carbocycles. The van der Waals surface area contributed by atoms with E-state index in [0.717, 1.165) is 5.56 Å². The number of carbonyl (C=O) groups excluding carboxylic acids is 2. The van der Waals surface area contributed by atoms with E-state index in [4.69, 9.17) is 21.6 Å². The van der Waals surface area contributed by atoms with E-state index in [1.54, 1.807) is 48.5 Å². The average Bonchev–Trinajstić information content (AvgIpc) is 2.57. The third-order valence-corrected chi connectivity index (χ3v) is 3.47. The van der Waals surface area contributed by atoms with Gasteiger partial charge in [-0.15, -0.1) is 0 Å². The summed E-state index contributed by atoms with van der Waals surface area (Å²) in [5.41, 5.74) is 1.78. The van der Waals surface area contributed by atoms with Crippen LogP contribution in [-0.4, -0.2) is 18.0 Å². The van der Waals surface area contributed by atoms with Gasteiger partial charge in [0.1, 0.15) is 0 Å². The molecule has 0 saturated carbocycles. The van der Waals surface area contributed by atoms with Crippen molar-refractivity contribution >= 4 is 29.2 Å². The number of nitrogens with one attached hydrogen (secondary N) is 1. The van der Waals surface area contributed by atoms with Crippen LogP contribution < -0.4 is 5.32 Å². The molecule has 0 saturated heterocycles. The highest BCUT2D eigenvalue weighted by Crippen LogP contribution is 2.12. The minimum Gasteiger partial charge on any atom is -0.452 e. The quantitative estimate of drug-likeness (QED) is 0.845. The van der Waals surface area contributed by atoms with Crippen LogP contribution in [0.15, 0.2) is 48.5 Å². The van der Waals surface area contributed by atoms with Crippen molar-refractivity contribution in [3.05, 3.63) is 64.7 Å². The first-order valence-electron chi connectivity index (χ1n) is 7.23. The molecular weight excluding hydrogens is 328 g/mol. The number of nitriles is 1. The molecule has 1 amide bonds. The number of amides is 1. The number of nitrogens with zero attached hydrogens (tertiary/aromatic N) is 1. The Morgan fingerprint density at radius 2 is 1.79 bits per heavy atom. The molecule has 24 heavy (non-hydrogen) atoms. The predicted octanol–water partition coefficient (Wildman–Crippen LogP) is 3.32. The Bertz CT molecular complexity index is 764. The van der Waals surface area contributed by atoms with E-state index in [1.165, 1.54) is 6.92 Å². The highest BCUT2D eigenvalue weighted by molar-refractivity contribution is 6.30. The lowest BCUT2D eigenvalue weighted by molar-refractivity contribution is -0.152. The lowest BCUT2D eigenvalue weighted by atomic mass is 10.1. The molecule has 2 aromatic rings. The molecule has 2 rings (SSSR count). The van der Waals surface area contributed by atoms with E-state index in [0.29, 0.717) is 16.3 Å². The third-order valence-electron chi connectivity index (χ3n) is 3.22. The van der Waals surface area contributed by atoms with Gasteiger partial charge in [0.05, 0.1) is 18.1 Å². The highest BCUT2D eigenvalue weighted by Gasteiger charge is 2.18. The van der Waals surface area contributed by atoms with Crippen molar-refractivity contribution in [3.63, 3.8) is 0 Å². The molecule has 0 fully saturated rings. The SMILES string of the molecule is C[C@@H](OC(=O)Cc1ccc(Cl)cc1)C(=O)Nc1ccc(C#N)cc1. The van der Waals surface area contributed by atoms with Gasteiger partial charge >= 0.3 is 5.97 Å². The number of halogens is 1. The number of hydrogen-bond acceptors (Lipinski definition) is 4. The van der Waals surface area contributed by atoms with E-state index < -0.39 is 18.0 Å². The zero-order valence-corrected chi connectivity index (χ0v) is 13.7. The molecule has 1 atom stereocenters. The largest absolute Gasteiger partial charge is 0.452 e. The maximum absolute atomic E-state index is 12.0. The number of carbonyl (C=O) groups is 2. The number of rotatable bonds is 5. The normalized spacial score (nSPS) is 11.2. The Balaban J connectivity index is 1.87. The fourth-order valence-corrected chi connectivity index (χ4v) is 2.06. The molecule has 2 aromatic carbocycles. The van der Waals surface area contributed by atoms with Gasteiger partial charge in [0.25, 0.3) is 5.91 Å². The maximum Gasteiger partial charge on any atom is 0.311 e. The minimum absolute atomic E-state index is 0.0612. The third kappa shape index (κ3) is 5.11. The van der Waals surface area contributed by atoms with Crippen LogP contribution in [0.25, 0.3) is 0 Å². The minimum atomic E-state index is -0.930. The first-order chi connectivity index (χ1) is 11.5. The summed E-state index contributed by atoms with van der Waals surface area (Å²) in [5, 5.41) is 11.9. The summed E-state index contributed by atoms with van der Waals surface area (Å²) in [6.45, 7) is 1.50. The van der Waals surface area contributed by atoms with Crippen molar-refractivity contribution in [2.45, 2.75) is 19.4 Å². The van der Waals surface area contributed by atoms with Gasteiger partial charge in [0.15, 0.2) is 6.10 Å². The number of esters is 1. The van der Waals surface area contributed by atoms with Crippen molar-refractivity contribution < 1.29 is 14.3 Å². The molecule has 0 heterocycles. The van der Waals surface area contributed by atoms with E-state index >= 15 is 0 Å². The summed E-state index contributed by atoms with van der Waals surface area (Å²) in [6, 6.07) is 15.2. The Morgan fingerprint density at radius 1 is 1.17 bits per heavy atom. The zero-order chi connectivity index (χ0) is 17.5. The van der Waals surface area contributed by atoms with E-state index in [2.05, 4.69) is 5.32 Å². The molecule has 122 valence electrons. The van der Waals surface area contributed by atoms with Crippen molar-refractivity contribution in [1.29, 1.82) is 5.26 Å². The van der Waals surface area contributed by atoms with E-state index in [1.807, 2.05) is 6.07 Å². The van der Waals surface area contributed by atoms with Crippen LogP contribution in [0.5, 0.6) is 0 Å². The lowest BCUT2D eigenvalue weighted by Crippen LogP contribution is -2.30. The molecule has 0 aliphatic rings. The van der Waals surface area contributed by atoms with Crippen molar-refractivity contribution in [2.75, 3.05) is 5.32 Å². The van der Waals surface area contributed by atoms with Crippen LogP contribution in [0.4, 0.5) is 5.69 Å². The molecule has 0 aromatic heterocycles. The average molecular weight is 343 g/mol. The van der Waals surface area contributed by atoms with Crippen molar-refractivity contribution in [3.8, 4) is 6.07 Å². The fraction of sp³-hybridized carbons (Fsp3) is 0.167. The second-order valence-corrected chi connectivity index (χ2v) is 5.55. The van der Waals surface area contributed by atoms with Crippen molar-refractivity contribution in [1.82, 2.24) is 0 Å². The monoisotopic (exact) mass is 342 g/mol. The summed E-state index contributed by atoms with van der Waals surface area (Å²) >= 11 is 5.78. The van der Waals surface area contributed by atoms with Crippen LogP contribution in [-0.2, 0) is 20.7 Å². The van der Waals surface area contributed by atoms with Crippen LogP contribution in [0.1, 0.15) is 18.1 Å². The Kier molecular flexibility index (Phi) is 5.94. The summed E-state index contributed by atoms with van der Waals surface area (Å²) in [6.07, 6.45) is -0.869. The van der Waals surface area contributed by atoms with Crippen LogP contribution >= 0.6 is 11.6 Å². The van der Waals surface area contributed by atoms with Crippen LogP contribution in [0.3, 0.4) is 0 Å². The molecular formula is C18H15ClN2O3. The predicted molar refractivity (Wildman–Crippen MR) is 90.5 cm³/mol. The number of benzene rings is 2. The smallest absolute Gasteiger partial charge is 0.311 e. The van der Waals surface area contributed by atoms with Gasteiger partial charge in [-0.25, -0.2) is 0 Å². The van der Waals surface area contributed by atoms with Gasteiger partial charge < -0.3 is 10.1 Å². The molecule has 1 N–H and O–H groups in total. The van der Waals surface area contributed by atoms with Gasteiger partial charge in [-0.2, -0.15) is 5.26 Å². The molecule has 6 heteroatoms. The van der Waals surface area contributed by atoms with Gasteiger partial charge in [-0.3, -0.25) is 9.59 Å².